The molecule has 4 rings (SSSR count). The molecule has 18 heteroatoms. The Bertz CT molecular complexity index is 1820. The summed E-state index contributed by atoms with van der Waals surface area (Å²) in [6.07, 6.45) is 11.3. The number of carbonyl (C=O) groups is 5. The summed E-state index contributed by atoms with van der Waals surface area (Å²) in [5, 5.41) is 36.7. The number of alkyl halides is 1. The zero-order valence-corrected chi connectivity index (χ0v) is 35.9. The minimum atomic E-state index is -1.25. The van der Waals surface area contributed by atoms with Crippen LogP contribution in [0.1, 0.15) is 80.5 Å². The van der Waals surface area contributed by atoms with Gasteiger partial charge in [0.1, 0.15) is 47.4 Å². The van der Waals surface area contributed by atoms with E-state index in [0.29, 0.717) is 36.1 Å². The smallest absolute Gasteiger partial charge is 0.870 e. The van der Waals surface area contributed by atoms with E-state index in [-0.39, 0.29) is 82.5 Å². The van der Waals surface area contributed by atoms with Crippen molar-refractivity contribution in [2.75, 3.05) is 18.5 Å². The van der Waals surface area contributed by atoms with E-state index in [0.717, 1.165) is 5.33 Å². The maximum Gasteiger partial charge on any atom is 1.00 e. The number of carboxylic acid groups (broad SMARTS) is 2. The Kier molecular flexibility index (Phi) is 30.1. The summed E-state index contributed by atoms with van der Waals surface area (Å²) >= 11 is 3.13. The number of ether oxygens (including phenoxy) is 2. The van der Waals surface area contributed by atoms with Gasteiger partial charge in [0.15, 0.2) is 34.5 Å². The van der Waals surface area contributed by atoms with E-state index >= 15 is 0 Å². The molecule has 4 heterocycles. The summed E-state index contributed by atoms with van der Waals surface area (Å²) in [5.74, 6) is -2.15. The first-order chi connectivity index (χ1) is 24.8. The number of aromatic nitrogens is 4. The molecule has 0 radical (unpaired) electrons. The number of carbonyl (C=O) groups excluding carboxylic acids is 3. The van der Waals surface area contributed by atoms with E-state index in [1.165, 1.54) is 49.2 Å². The Morgan fingerprint density at radius 1 is 0.661 bits per heavy atom. The maximum absolute atomic E-state index is 11.2. The first-order valence-corrected chi connectivity index (χ1v) is 16.6. The van der Waals surface area contributed by atoms with Crippen molar-refractivity contribution in [1.29, 1.82) is 0 Å². The minimum Gasteiger partial charge on any atom is -0.870 e. The average Bonchev–Trinajstić information content (AvgIpc) is 3.83. The average molecular weight is 860 g/mol. The Hall–Kier alpha value is -5.07. The van der Waals surface area contributed by atoms with Crippen molar-refractivity contribution in [1.82, 2.24) is 18.3 Å². The molecule has 0 aliphatic rings. The van der Waals surface area contributed by atoms with Gasteiger partial charge in [-0.25, -0.2) is 9.59 Å². The van der Waals surface area contributed by atoms with Crippen LogP contribution >= 0.6 is 15.9 Å². The van der Waals surface area contributed by atoms with Gasteiger partial charge in [-0.2, -0.15) is 0 Å². The summed E-state index contributed by atoms with van der Waals surface area (Å²) in [5.41, 5.74) is 0.869. The fourth-order valence-corrected chi connectivity index (χ4v) is 4.35. The molecule has 0 saturated heterocycles. The van der Waals surface area contributed by atoms with Crippen molar-refractivity contribution < 1.29 is 88.9 Å². The van der Waals surface area contributed by atoms with Crippen LogP contribution in [0.2, 0.25) is 0 Å². The van der Waals surface area contributed by atoms with Gasteiger partial charge in [-0.1, -0.05) is 54.7 Å². The molecule has 0 spiro atoms. The van der Waals surface area contributed by atoms with Crippen molar-refractivity contribution in [2.24, 2.45) is 28.2 Å². The Labute approximate surface area is 357 Å². The van der Waals surface area contributed by atoms with Crippen LogP contribution < -0.4 is 39.0 Å². The van der Waals surface area contributed by atoms with Crippen LogP contribution in [-0.2, 0) is 28.2 Å². The second-order valence-electron chi connectivity index (χ2n) is 10.7. The second-order valence-corrected chi connectivity index (χ2v) is 11.4. The zero-order chi connectivity index (χ0) is 41.0. The molecule has 4 aromatic heterocycles. The molecule has 0 amide bonds. The monoisotopic (exact) mass is 858 g/mol. The maximum atomic E-state index is 11.2. The van der Waals surface area contributed by atoms with Crippen LogP contribution in [0.3, 0.4) is 0 Å². The third kappa shape index (κ3) is 18.0. The molecule has 4 aromatic rings. The summed E-state index contributed by atoms with van der Waals surface area (Å²) in [4.78, 5) is 54.2. The summed E-state index contributed by atoms with van der Waals surface area (Å²) in [7, 11) is 6.70. The number of hydrogen-bond acceptors (Lipinski definition) is 10. The Balaban J connectivity index is -0.000000307. The molecule has 5 N–H and O–H groups in total. The number of aromatic carboxylic acids is 2. The fourth-order valence-electron chi connectivity index (χ4n) is 4.35. The van der Waals surface area contributed by atoms with Crippen LogP contribution in [0.5, 0.6) is 23.0 Å². The van der Waals surface area contributed by atoms with Gasteiger partial charge in [-0.3, -0.25) is 14.4 Å². The predicted octanol–water partition coefficient (Wildman–Crippen LogP) is 3.68. The van der Waals surface area contributed by atoms with E-state index in [1.54, 1.807) is 72.2 Å². The number of halogens is 1. The molecule has 16 nitrogen and oxygen atoms in total. The van der Waals surface area contributed by atoms with Gasteiger partial charge in [0.2, 0.25) is 0 Å². The van der Waals surface area contributed by atoms with E-state index < -0.39 is 17.7 Å². The minimum absolute atomic E-state index is 0. The quantitative estimate of drug-likeness (QED) is 0.0692. The van der Waals surface area contributed by atoms with E-state index in [9.17, 15) is 29.1 Å². The van der Waals surface area contributed by atoms with Crippen molar-refractivity contribution in [3.05, 3.63) is 109 Å². The predicted molar refractivity (Wildman–Crippen MR) is 213 cm³/mol. The number of rotatable bonds is 12. The SMILES string of the molecule is C.C=CCBr.C=CCOc1ccn(C)c1C(=O)O.C=CCOc1ccn(C)c1C(C)=O.CC(=O)c1c(O)c(C(=O)O)cn1C.CC(=O)c1c(O)ccn1C.[Na+].[OH-]. The van der Waals surface area contributed by atoms with Gasteiger partial charge in [0.25, 0.3) is 0 Å². The molecule has 56 heavy (non-hydrogen) atoms. The van der Waals surface area contributed by atoms with Gasteiger partial charge >= 0.3 is 41.5 Å². The molecule has 0 aliphatic carbocycles. The topological polar surface area (TPSA) is 234 Å². The molecule has 0 atom stereocenters. The molecule has 0 aliphatic heterocycles. The number of hydrogen-bond donors (Lipinski definition) is 4. The number of aryl methyl sites for hydroxylation is 4. The van der Waals surface area contributed by atoms with Crippen molar-refractivity contribution >= 4 is 45.2 Å². The van der Waals surface area contributed by atoms with Gasteiger partial charge in [0.05, 0.1) is 0 Å². The third-order valence-electron chi connectivity index (χ3n) is 6.53. The number of nitrogens with zero attached hydrogens (tertiary/aromatic N) is 4. The standard InChI is InChI=1S/C10H13NO2.C9H11NO3.C8H9NO4.C7H9NO2.C3H5Br.CH4.Na.H2O/c1-4-7-13-9-5-6-11(3)10(9)8(2)12;1-3-6-13-7-4-5-10(2)8(7)9(11)12;1-4(10)6-7(11)5(8(12)13)3-9(6)2;1-5(9)7-6(10)3-4-8(7)2;1-2-3-4;;;/h4-6H,1,7H2,2-3H3;3-5H,1,6H2,2H3,(H,11,12);3,11H,1-2H3,(H,12,13);3-4,10H,1-2H3;2H,1,3H2;1H4;;1H2/q;;;;;;+1;/p-1. The molecule has 304 valence electrons. The normalized spacial score (nSPS) is 9.00. The Morgan fingerprint density at radius 2 is 1.04 bits per heavy atom. The van der Waals surface area contributed by atoms with E-state index in [1.807, 2.05) is 7.05 Å². The fraction of sp³-hybridized carbons (Fsp3) is 0.289. The molecule has 0 fully saturated rings. The first kappa shape index (κ1) is 57.6. The molecular weight excluding hydrogens is 807 g/mol. The van der Waals surface area contributed by atoms with Gasteiger partial charge < -0.3 is 53.6 Å². The van der Waals surface area contributed by atoms with Crippen molar-refractivity contribution in [3.8, 4) is 23.0 Å². The molecule has 0 bridgehead atoms. The summed E-state index contributed by atoms with van der Waals surface area (Å²) in [6, 6.07) is 4.89. The van der Waals surface area contributed by atoms with Gasteiger partial charge in [-0.05, 0) is 18.2 Å². The van der Waals surface area contributed by atoms with Crippen molar-refractivity contribution in [2.45, 2.75) is 28.2 Å². The van der Waals surface area contributed by atoms with E-state index in [4.69, 9.17) is 24.8 Å². The summed E-state index contributed by atoms with van der Waals surface area (Å²) < 4.78 is 16.6. The van der Waals surface area contributed by atoms with Crippen LogP contribution in [0.4, 0.5) is 0 Å². The number of aromatic hydroxyl groups is 2. The second kappa shape index (κ2) is 29.2. The molecule has 0 unspecified atom stereocenters. The zero-order valence-electron chi connectivity index (χ0n) is 32.3. The van der Waals surface area contributed by atoms with E-state index in [2.05, 4.69) is 35.7 Å². The number of carboxylic acids is 2. The Morgan fingerprint density at radius 3 is 1.30 bits per heavy atom. The number of allylic oxidation sites excluding steroid dienone is 1. The molecule has 0 saturated carbocycles. The number of Topliss-reactive ketones (excluding diaryl/α,β-unsaturated/α-hetero) is 3. The molecular formula is C38H52BrN4NaO12. The van der Waals surface area contributed by atoms with Gasteiger partial charge in [0, 0.05) is 79.1 Å². The largest absolute Gasteiger partial charge is 1.00 e. The van der Waals surface area contributed by atoms with Crippen LogP contribution in [0.25, 0.3) is 0 Å². The van der Waals surface area contributed by atoms with Crippen molar-refractivity contribution in [3.63, 3.8) is 0 Å². The van der Waals surface area contributed by atoms with Gasteiger partial charge in [-0.15, -0.1) is 6.58 Å². The number of ketones is 3. The summed E-state index contributed by atoms with van der Waals surface area (Å²) in [6.45, 7) is 15.4. The first-order valence-electron chi connectivity index (χ1n) is 15.5. The van der Waals surface area contributed by atoms with Crippen LogP contribution in [0, 0.1) is 0 Å². The van der Waals surface area contributed by atoms with Crippen LogP contribution in [-0.4, -0.2) is 92.0 Å². The molecule has 0 aromatic carbocycles. The third-order valence-corrected chi connectivity index (χ3v) is 6.99. The van der Waals surface area contributed by atoms with Crippen LogP contribution in [0.15, 0.2) is 81.0 Å².